The van der Waals surface area contributed by atoms with Gasteiger partial charge in [0.25, 0.3) is 0 Å². The second-order valence-electron chi connectivity index (χ2n) is 12.1. The van der Waals surface area contributed by atoms with Crippen LogP contribution in [0.4, 0.5) is 10.6 Å². The van der Waals surface area contributed by atoms with Crippen molar-refractivity contribution in [2.45, 2.75) is 53.8 Å². The quantitative estimate of drug-likeness (QED) is 0.0955. The highest BCUT2D eigenvalue weighted by Crippen LogP contribution is 2.34. The van der Waals surface area contributed by atoms with E-state index in [4.69, 9.17) is 5.10 Å². The Hall–Kier alpha value is -5.29. The number of urea groups is 1. The third kappa shape index (κ3) is 7.47. The number of carbonyl (C=O) groups is 1. The maximum atomic E-state index is 13.3. The van der Waals surface area contributed by atoms with Gasteiger partial charge in [-0.2, -0.15) is 10.4 Å². The lowest BCUT2D eigenvalue weighted by molar-refractivity contribution is 0.251. The molecule has 0 aliphatic rings. The van der Waals surface area contributed by atoms with Crippen LogP contribution in [0.1, 0.15) is 44.0 Å². The number of phenols is 1. The number of benzene rings is 3. The first-order valence-corrected chi connectivity index (χ1v) is 17.8. The molecule has 0 aliphatic carbocycles. The standard InChI is InChI=1S/C37H36N8O3S2/c1-4-37(2,3)32-20-34(45(43-32)26-13-15-29(47)25(19-26)21-38)40-36(48)39-22-24-9-5-7-11-30(24)50-27-14-16-33-41-42-35(44(33)23-27)28-10-6-8-12-31(28)49-18-17-46/h5-16,19-20,23,46-47H,4,17-18,22H2,1-3H3,(H2,39,40,48). The topological polar surface area (TPSA) is 153 Å². The van der Waals surface area contributed by atoms with Crippen molar-refractivity contribution in [3.8, 4) is 28.9 Å². The number of nitrogens with zero attached hydrogens (tertiary/aromatic N) is 6. The summed E-state index contributed by atoms with van der Waals surface area (Å²) in [5, 5.41) is 48.4. The van der Waals surface area contributed by atoms with Gasteiger partial charge in [0.05, 0.1) is 23.6 Å². The highest BCUT2D eigenvalue weighted by Gasteiger charge is 2.25. The van der Waals surface area contributed by atoms with Gasteiger partial charge >= 0.3 is 6.03 Å². The molecule has 0 atom stereocenters. The number of pyridine rings is 1. The van der Waals surface area contributed by atoms with Crippen molar-refractivity contribution in [3.05, 3.63) is 108 Å². The molecule has 4 N–H and O–H groups in total. The van der Waals surface area contributed by atoms with E-state index in [0.29, 0.717) is 17.3 Å². The summed E-state index contributed by atoms with van der Waals surface area (Å²) in [4.78, 5) is 16.3. The van der Waals surface area contributed by atoms with E-state index in [1.54, 1.807) is 34.3 Å². The van der Waals surface area contributed by atoms with Crippen molar-refractivity contribution in [2.75, 3.05) is 17.7 Å². The van der Waals surface area contributed by atoms with Crippen LogP contribution in [0.15, 0.2) is 106 Å². The molecule has 11 nitrogen and oxygen atoms in total. The number of aliphatic hydroxyl groups excluding tert-OH is 1. The van der Waals surface area contributed by atoms with Crippen molar-refractivity contribution in [1.29, 1.82) is 5.26 Å². The molecular formula is C37H36N8O3S2. The number of anilines is 1. The Labute approximate surface area is 298 Å². The third-order valence-corrected chi connectivity index (χ3v) is 10.5. The smallest absolute Gasteiger partial charge is 0.320 e. The van der Waals surface area contributed by atoms with Crippen LogP contribution >= 0.6 is 23.5 Å². The van der Waals surface area contributed by atoms with E-state index < -0.39 is 6.03 Å². The number of hydrogen-bond donors (Lipinski definition) is 4. The minimum absolute atomic E-state index is 0.0865. The van der Waals surface area contributed by atoms with Gasteiger partial charge in [-0.1, -0.05) is 68.9 Å². The van der Waals surface area contributed by atoms with Crippen LogP contribution in [-0.4, -0.2) is 53.0 Å². The number of aliphatic hydroxyl groups is 1. The molecule has 6 aromatic rings. The first-order chi connectivity index (χ1) is 24.2. The largest absolute Gasteiger partial charge is 0.507 e. The first kappa shape index (κ1) is 34.6. The van der Waals surface area contributed by atoms with E-state index in [0.717, 1.165) is 49.4 Å². The number of aromatic hydroxyl groups is 1. The van der Waals surface area contributed by atoms with E-state index >= 15 is 0 Å². The zero-order chi connectivity index (χ0) is 35.3. The van der Waals surface area contributed by atoms with Gasteiger partial charge in [-0.25, -0.2) is 9.48 Å². The first-order valence-electron chi connectivity index (χ1n) is 16.0. The summed E-state index contributed by atoms with van der Waals surface area (Å²) in [6.07, 6.45) is 2.84. The molecule has 3 heterocycles. The molecule has 0 spiro atoms. The van der Waals surface area contributed by atoms with E-state index in [1.165, 1.54) is 12.1 Å². The zero-order valence-corrected chi connectivity index (χ0v) is 29.4. The van der Waals surface area contributed by atoms with Gasteiger partial charge in [0.2, 0.25) is 0 Å². The second kappa shape index (κ2) is 15.1. The Morgan fingerprint density at radius 1 is 1.00 bits per heavy atom. The van der Waals surface area contributed by atoms with Crippen LogP contribution in [-0.2, 0) is 12.0 Å². The van der Waals surface area contributed by atoms with Crippen molar-refractivity contribution in [2.24, 2.45) is 0 Å². The van der Waals surface area contributed by atoms with Crippen LogP contribution in [0.2, 0.25) is 0 Å². The van der Waals surface area contributed by atoms with Gasteiger partial charge in [-0.05, 0) is 54.4 Å². The number of nitriles is 1. The maximum absolute atomic E-state index is 13.3. The van der Waals surface area contributed by atoms with E-state index in [9.17, 15) is 20.3 Å². The number of phenolic OH excluding ortho intramolecular Hbond substituents is 1. The number of hydrogen-bond acceptors (Lipinski definition) is 9. The van der Waals surface area contributed by atoms with Crippen LogP contribution in [0.5, 0.6) is 5.75 Å². The second-order valence-corrected chi connectivity index (χ2v) is 14.3. The fourth-order valence-corrected chi connectivity index (χ4v) is 6.95. The fourth-order valence-electron chi connectivity index (χ4n) is 5.18. The molecule has 2 amide bonds. The number of rotatable bonds is 12. The lowest BCUT2D eigenvalue weighted by Gasteiger charge is -2.19. The summed E-state index contributed by atoms with van der Waals surface area (Å²) in [6, 6.07) is 27.8. The van der Waals surface area contributed by atoms with Gasteiger partial charge < -0.3 is 15.5 Å². The van der Waals surface area contributed by atoms with Crippen molar-refractivity contribution in [3.63, 3.8) is 0 Å². The highest BCUT2D eigenvalue weighted by molar-refractivity contribution is 7.99. The van der Waals surface area contributed by atoms with E-state index in [1.807, 2.05) is 83.4 Å². The summed E-state index contributed by atoms with van der Waals surface area (Å²) in [7, 11) is 0. The van der Waals surface area contributed by atoms with Gasteiger partial charge in [-0.15, -0.1) is 22.0 Å². The number of carbonyl (C=O) groups excluding carboxylic acids is 1. The summed E-state index contributed by atoms with van der Waals surface area (Å²) >= 11 is 3.15. The highest BCUT2D eigenvalue weighted by atomic mass is 32.2. The SMILES string of the molecule is CCC(C)(C)c1cc(NC(=O)NCc2ccccc2Sc2ccc3nnc(-c4ccccc4SCCO)n3c2)n(-c2ccc(O)c(C#N)c2)n1. The monoisotopic (exact) mass is 704 g/mol. The Bertz CT molecular complexity index is 2210. The molecule has 6 rings (SSSR count). The van der Waals surface area contributed by atoms with Gasteiger partial charge in [0, 0.05) is 50.2 Å². The van der Waals surface area contributed by atoms with Crippen LogP contribution in [0, 0.1) is 11.3 Å². The molecule has 0 fully saturated rings. The predicted molar refractivity (Wildman–Crippen MR) is 196 cm³/mol. The molecule has 0 saturated carbocycles. The molecule has 50 heavy (non-hydrogen) atoms. The third-order valence-electron chi connectivity index (χ3n) is 8.37. The van der Waals surface area contributed by atoms with Crippen molar-refractivity contribution < 1.29 is 15.0 Å². The lowest BCUT2D eigenvalue weighted by Crippen LogP contribution is -2.29. The van der Waals surface area contributed by atoms with E-state index in [-0.39, 0.29) is 29.9 Å². The average molecular weight is 705 g/mol. The number of nitrogens with one attached hydrogen (secondary N) is 2. The summed E-state index contributed by atoms with van der Waals surface area (Å²) < 4.78 is 3.55. The molecule has 0 bridgehead atoms. The van der Waals surface area contributed by atoms with Gasteiger partial charge in [0.1, 0.15) is 17.6 Å². The summed E-state index contributed by atoms with van der Waals surface area (Å²) in [6.45, 7) is 6.58. The molecule has 0 unspecified atom stereocenters. The average Bonchev–Trinajstić information content (AvgIpc) is 3.75. The molecule has 0 aliphatic heterocycles. The molecule has 3 aromatic carbocycles. The summed E-state index contributed by atoms with van der Waals surface area (Å²) in [5.74, 6) is 1.62. The number of aromatic nitrogens is 5. The lowest BCUT2D eigenvalue weighted by atomic mass is 9.87. The van der Waals surface area contributed by atoms with Crippen LogP contribution in [0.3, 0.4) is 0 Å². The van der Waals surface area contributed by atoms with Gasteiger partial charge in [-0.3, -0.25) is 9.72 Å². The Balaban J connectivity index is 1.21. The molecule has 254 valence electrons. The van der Waals surface area contributed by atoms with Crippen LogP contribution < -0.4 is 10.6 Å². The molecule has 0 radical (unpaired) electrons. The van der Waals surface area contributed by atoms with Crippen LogP contribution in [0.25, 0.3) is 22.7 Å². The molecular weight excluding hydrogens is 669 g/mol. The fraction of sp³-hybridized carbons (Fsp3) is 0.216. The normalized spacial score (nSPS) is 11.4. The van der Waals surface area contributed by atoms with E-state index in [2.05, 4.69) is 41.6 Å². The Morgan fingerprint density at radius 3 is 2.56 bits per heavy atom. The minimum atomic E-state index is -0.417. The maximum Gasteiger partial charge on any atom is 0.320 e. The Morgan fingerprint density at radius 2 is 1.78 bits per heavy atom. The number of amides is 2. The zero-order valence-electron chi connectivity index (χ0n) is 27.8. The molecule has 3 aromatic heterocycles. The van der Waals surface area contributed by atoms with Crippen molar-refractivity contribution >= 4 is 41.0 Å². The Kier molecular flexibility index (Phi) is 10.4. The number of thioether (sulfide) groups is 1. The predicted octanol–water partition coefficient (Wildman–Crippen LogP) is 7.40. The molecule has 0 saturated heterocycles. The van der Waals surface area contributed by atoms with Crippen molar-refractivity contribution in [1.82, 2.24) is 29.7 Å². The van der Waals surface area contributed by atoms with Gasteiger partial charge in [0.15, 0.2) is 11.5 Å². The summed E-state index contributed by atoms with van der Waals surface area (Å²) in [5.41, 5.74) is 3.76. The minimum Gasteiger partial charge on any atom is -0.507 e. The molecule has 13 heteroatoms. The number of fused-ring (bicyclic) bond motifs is 1.